The van der Waals surface area contributed by atoms with Crippen LogP contribution in [-0.4, -0.2) is 26.1 Å². The Labute approximate surface area is 160 Å². The first-order chi connectivity index (χ1) is 12.2. The van der Waals surface area contributed by atoms with Crippen LogP contribution in [0.15, 0.2) is 42.5 Å². The number of nitrogens with one attached hydrogen (secondary N) is 1. The van der Waals surface area contributed by atoms with E-state index in [0.717, 1.165) is 47.5 Å². The summed E-state index contributed by atoms with van der Waals surface area (Å²) in [4.78, 5) is 14.5. The lowest BCUT2D eigenvalue weighted by atomic mass is 10.00. The highest BCUT2D eigenvalue weighted by atomic mass is 35.5. The Bertz CT molecular complexity index is 752. The number of hydrogen-bond donors (Lipinski definition) is 2. The average molecular weight is 376 g/mol. The van der Waals surface area contributed by atoms with Crippen molar-refractivity contribution in [3.63, 3.8) is 0 Å². The van der Waals surface area contributed by atoms with Gasteiger partial charge in [-0.05, 0) is 41.7 Å². The third kappa shape index (κ3) is 4.68. The summed E-state index contributed by atoms with van der Waals surface area (Å²) < 4.78 is 5.21. The van der Waals surface area contributed by atoms with Gasteiger partial charge in [-0.1, -0.05) is 30.3 Å². The third-order valence-electron chi connectivity index (χ3n) is 4.61. The first kappa shape index (κ1) is 20.1. The van der Waals surface area contributed by atoms with Crippen LogP contribution in [0.5, 0.6) is 0 Å². The van der Waals surface area contributed by atoms with Gasteiger partial charge in [-0.2, -0.15) is 0 Å². The third-order valence-corrected chi connectivity index (χ3v) is 4.61. The van der Waals surface area contributed by atoms with Crippen molar-refractivity contribution in [3.05, 3.63) is 59.2 Å². The molecular weight excluding hydrogens is 350 g/mol. The van der Waals surface area contributed by atoms with E-state index in [4.69, 9.17) is 10.5 Å². The van der Waals surface area contributed by atoms with Crippen molar-refractivity contribution in [1.82, 2.24) is 5.32 Å². The molecule has 0 radical (unpaired) electrons. The topological polar surface area (TPSA) is 67.6 Å². The van der Waals surface area contributed by atoms with Crippen molar-refractivity contribution < 1.29 is 9.53 Å². The van der Waals surface area contributed by atoms with Crippen LogP contribution < -0.4 is 16.0 Å². The monoisotopic (exact) mass is 375 g/mol. The number of ether oxygens (including phenoxy) is 1. The van der Waals surface area contributed by atoms with Gasteiger partial charge in [0.25, 0.3) is 0 Å². The Kier molecular flexibility index (Phi) is 7.30. The van der Waals surface area contributed by atoms with Crippen molar-refractivity contribution in [2.45, 2.75) is 26.0 Å². The molecule has 3 rings (SSSR count). The van der Waals surface area contributed by atoms with E-state index in [0.29, 0.717) is 19.7 Å². The zero-order chi connectivity index (χ0) is 17.6. The Morgan fingerprint density at radius 2 is 1.96 bits per heavy atom. The van der Waals surface area contributed by atoms with Gasteiger partial charge < -0.3 is 20.7 Å². The van der Waals surface area contributed by atoms with Gasteiger partial charge in [-0.25, -0.2) is 0 Å². The summed E-state index contributed by atoms with van der Waals surface area (Å²) in [6.45, 7) is 2.29. The minimum absolute atomic E-state index is 0. The normalized spacial score (nSPS) is 12.9. The van der Waals surface area contributed by atoms with Gasteiger partial charge in [0.2, 0.25) is 5.91 Å². The lowest BCUT2D eigenvalue weighted by Gasteiger charge is -2.31. The molecule has 3 N–H and O–H groups in total. The van der Waals surface area contributed by atoms with Gasteiger partial charge >= 0.3 is 0 Å². The molecule has 140 valence electrons. The molecule has 0 atom stereocenters. The highest BCUT2D eigenvalue weighted by Gasteiger charge is 2.20. The number of fused-ring (bicyclic) bond motifs is 1. The number of amides is 1. The number of carbonyl (C=O) groups is 1. The molecule has 1 amide bonds. The molecule has 0 unspecified atom stereocenters. The Balaban J connectivity index is 0.00000243. The molecule has 6 heteroatoms. The number of nitrogen functional groups attached to an aromatic ring is 1. The Morgan fingerprint density at radius 3 is 2.73 bits per heavy atom. The molecule has 5 nitrogen and oxygen atoms in total. The summed E-state index contributed by atoms with van der Waals surface area (Å²) in [5, 5.41) is 3.02. The highest BCUT2D eigenvalue weighted by molar-refractivity contribution is 5.85. The van der Waals surface area contributed by atoms with Crippen molar-refractivity contribution in [2.24, 2.45) is 0 Å². The largest absolute Gasteiger partial charge is 0.398 e. The number of benzene rings is 2. The van der Waals surface area contributed by atoms with Gasteiger partial charge in [-0.3, -0.25) is 4.79 Å². The van der Waals surface area contributed by atoms with Crippen molar-refractivity contribution in [3.8, 4) is 0 Å². The fraction of sp³-hybridized carbons (Fsp3) is 0.350. The summed E-state index contributed by atoms with van der Waals surface area (Å²) in [6.07, 6.45) is 2.00. The number of nitrogens with zero attached hydrogens (tertiary/aromatic N) is 1. The zero-order valence-corrected chi connectivity index (χ0v) is 15.8. The quantitative estimate of drug-likeness (QED) is 0.762. The molecule has 0 fully saturated rings. The standard InChI is InChI=1S/C20H25N3O2.ClH/c1-25-14-16-7-3-2-6-15(16)12-22-20(24)13-23-11-5-8-17-18(21)9-4-10-19(17)23;/h2-4,6-7,9-10H,5,8,11-14,21H2,1H3,(H,22,24);1H. The fourth-order valence-electron chi connectivity index (χ4n) is 3.34. The lowest BCUT2D eigenvalue weighted by molar-refractivity contribution is -0.119. The van der Waals surface area contributed by atoms with E-state index in [1.165, 1.54) is 0 Å². The first-order valence-electron chi connectivity index (χ1n) is 8.63. The van der Waals surface area contributed by atoms with Crippen LogP contribution in [0.3, 0.4) is 0 Å². The predicted molar refractivity (Wildman–Crippen MR) is 108 cm³/mol. The minimum Gasteiger partial charge on any atom is -0.398 e. The van der Waals surface area contributed by atoms with Crippen LogP contribution in [0.2, 0.25) is 0 Å². The maximum absolute atomic E-state index is 12.4. The number of methoxy groups -OCH3 is 1. The molecule has 0 bridgehead atoms. The predicted octanol–water partition coefficient (Wildman–Crippen LogP) is 2.91. The summed E-state index contributed by atoms with van der Waals surface area (Å²) in [5.41, 5.74) is 11.3. The molecule has 0 saturated carbocycles. The van der Waals surface area contributed by atoms with Crippen molar-refractivity contribution in [1.29, 1.82) is 0 Å². The van der Waals surface area contributed by atoms with E-state index < -0.39 is 0 Å². The molecule has 0 saturated heterocycles. The highest BCUT2D eigenvalue weighted by Crippen LogP contribution is 2.30. The summed E-state index contributed by atoms with van der Waals surface area (Å²) >= 11 is 0. The zero-order valence-electron chi connectivity index (χ0n) is 15.0. The molecule has 1 aliphatic heterocycles. The maximum atomic E-state index is 12.4. The Morgan fingerprint density at radius 1 is 1.19 bits per heavy atom. The lowest BCUT2D eigenvalue weighted by Crippen LogP contribution is -2.39. The van der Waals surface area contributed by atoms with E-state index in [9.17, 15) is 4.79 Å². The van der Waals surface area contributed by atoms with Gasteiger partial charge in [0, 0.05) is 31.6 Å². The second-order valence-electron chi connectivity index (χ2n) is 6.35. The summed E-state index contributed by atoms with van der Waals surface area (Å²) in [7, 11) is 1.68. The molecule has 1 aliphatic rings. The number of nitrogens with two attached hydrogens (primary N) is 1. The van der Waals surface area contributed by atoms with Crippen LogP contribution in [0, 0.1) is 0 Å². The summed E-state index contributed by atoms with van der Waals surface area (Å²) in [5.74, 6) is 0.0162. The van der Waals surface area contributed by atoms with Crippen LogP contribution in [0.1, 0.15) is 23.1 Å². The molecule has 0 aliphatic carbocycles. The molecule has 1 heterocycles. The van der Waals surface area contributed by atoms with Crippen LogP contribution in [-0.2, 0) is 29.1 Å². The minimum atomic E-state index is 0. The van der Waals surface area contributed by atoms with Gasteiger partial charge in [0.15, 0.2) is 0 Å². The van der Waals surface area contributed by atoms with Crippen molar-refractivity contribution >= 4 is 29.7 Å². The number of carbonyl (C=O) groups excluding carboxylic acids is 1. The molecular formula is C20H26ClN3O2. The molecule has 2 aromatic carbocycles. The number of anilines is 2. The van der Waals surface area contributed by atoms with E-state index in [-0.39, 0.29) is 18.3 Å². The molecule has 0 spiro atoms. The van der Waals surface area contributed by atoms with E-state index >= 15 is 0 Å². The van der Waals surface area contributed by atoms with Crippen LogP contribution >= 0.6 is 12.4 Å². The van der Waals surface area contributed by atoms with Gasteiger partial charge in [-0.15, -0.1) is 12.4 Å². The number of hydrogen-bond acceptors (Lipinski definition) is 4. The van der Waals surface area contributed by atoms with Crippen LogP contribution in [0.4, 0.5) is 11.4 Å². The Hall–Kier alpha value is -2.24. The summed E-state index contributed by atoms with van der Waals surface area (Å²) in [6, 6.07) is 13.9. The van der Waals surface area contributed by atoms with Gasteiger partial charge in [0.05, 0.1) is 13.2 Å². The average Bonchev–Trinajstić information content (AvgIpc) is 2.62. The molecule has 26 heavy (non-hydrogen) atoms. The van der Waals surface area contributed by atoms with E-state index in [1.54, 1.807) is 7.11 Å². The van der Waals surface area contributed by atoms with E-state index in [2.05, 4.69) is 10.2 Å². The molecule has 2 aromatic rings. The van der Waals surface area contributed by atoms with Crippen LogP contribution in [0.25, 0.3) is 0 Å². The second kappa shape index (κ2) is 9.46. The number of rotatable bonds is 6. The van der Waals surface area contributed by atoms with Gasteiger partial charge in [0.1, 0.15) is 0 Å². The first-order valence-corrected chi connectivity index (χ1v) is 8.63. The SMILES string of the molecule is COCc1ccccc1CNC(=O)CN1CCCc2c(N)cccc21.Cl. The van der Waals surface area contributed by atoms with Crippen molar-refractivity contribution in [2.75, 3.05) is 30.8 Å². The second-order valence-corrected chi connectivity index (χ2v) is 6.35. The maximum Gasteiger partial charge on any atom is 0.239 e. The van der Waals surface area contributed by atoms with E-state index in [1.807, 2.05) is 42.5 Å². The smallest absolute Gasteiger partial charge is 0.239 e. The fourth-order valence-corrected chi connectivity index (χ4v) is 3.34. The molecule has 0 aromatic heterocycles. The number of halogens is 1.